The molecule has 0 bridgehead atoms. The number of hydrogen-bond acceptors (Lipinski definition) is 7. The largest absolute Gasteiger partial charge is 0.357 e. The number of carbonyl (C=O) groups excluding carboxylic acids is 1. The van der Waals surface area contributed by atoms with E-state index in [0.29, 0.717) is 0 Å². The summed E-state index contributed by atoms with van der Waals surface area (Å²) >= 11 is 0. The van der Waals surface area contributed by atoms with E-state index in [-0.39, 0.29) is 16.2 Å². The number of amides is 1. The van der Waals surface area contributed by atoms with E-state index in [1.807, 2.05) is 0 Å². The standard InChI is InChI=1S/C14H21N3O5S2/c1-14(17-3,13(18)16-2)12(15)9-6-7-10(23(4,19)20)11(8-9)24(5,21)22/h6-8,15,17H,1-5H3,(H,16,18). The molecule has 0 spiro atoms. The van der Waals surface area contributed by atoms with E-state index in [2.05, 4.69) is 10.6 Å². The number of carbonyl (C=O) groups is 1. The molecule has 0 aliphatic carbocycles. The van der Waals surface area contributed by atoms with Crippen molar-refractivity contribution in [1.82, 2.24) is 10.6 Å². The van der Waals surface area contributed by atoms with E-state index in [9.17, 15) is 21.6 Å². The number of hydrogen-bond donors (Lipinski definition) is 3. The molecule has 1 rings (SSSR count). The molecule has 1 atom stereocenters. The third-order valence-corrected chi connectivity index (χ3v) is 6.13. The Kier molecular flexibility index (Phi) is 5.58. The maximum atomic E-state index is 12.1. The minimum atomic E-state index is -3.85. The first-order valence-electron chi connectivity index (χ1n) is 6.83. The molecule has 3 N–H and O–H groups in total. The first-order valence-corrected chi connectivity index (χ1v) is 10.6. The van der Waals surface area contributed by atoms with Crippen molar-refractivity contribution >= 4 is 31.3 Å². The number of rotatable bonds is 6. The van der Waals surface area contributed by atoms with E-state index in [4.69, 9.17) is 5.41 Å². The van der Waals surface area contributed by atoms with Crippen molar-refractivity contribution in [2.24, 2.45) is 0 Å². The number of likely N-dealkylation sites (N-methyl/N-ethyl adjacent to an activating group) is 2. The molecule has 24 heavy (non-hydrogen) atoms. The molecular weight excluding hydrogens is 354 g/mol. The number of benzene rings is 1. The zero-order valence-electron chi connectivity index (χ0n) is 14.1. The van der Waals surface area contributed by atoms with Gasteiger partial charge in [0.15, 0.2) is 19.7 Å². The zero-order chi connectivity index (χ0) is 18.9. The second kappa shape index (κ2) is 6.61. The molecule has 0 aliphatic rings. The summed E-state index contributed by atoms with van der Waals surface area (Å²) < 4.78 is 47.5. The van der Waals surface area contributed by atoms with Crippen molar-refractivity contribution in [2.75, 3.05) is 26.6 Å². The van der Waals surface area contributed by atoms with Crippen LogP contribution in [0.15, 0.2) is 28.0 Å². The molecule has 8 nitrogen and oxygen atoms in total. The third-order valence-electron chi connectivity index (χ3n) is 3.71. The second-order valence-electron chi connectivity index (χ2n) is 5.53. The Hall–Kier alpha value is -1.78. The molecule has 1 amide bonds. The Balaban J connectivity index is 3.65. The van der Waals surface area contributed by atoms with Crippen LogP contribution in [0.25, 0.3) is 0 Å². The quantitative estimate of drug-likeness (QED) is 0.579. The number of nitrogens with one attached hydrogen (secondary N) is 3. The highest BCUT2D eigenvalue weighted by Gasteiger charge is 2.37. The van der Waals surface area contributed by atoms with Crippen molar-refractivity contribution in [3.05, 3.63) is 23.8 Å². The highest BCUT2D eigenvalue weighted by atomic mass is 32.2. The highest BCUT2D eigenvalue weighted by Crippen LogP contribution is 2.24. The third kappa shape index (κ3) is 3.82. The average molecular weight is 375 g/mol. The molecule has 0 radical (unpaired) electrons. The molecule has 0 saturated carbocycles. The fourth-order valence-corrected chi connectivity index (χ4v) is 4.57. The van der Waals surface area contributed by atoms with Crippen LogP contribution in [0.5, 0.6) is 0 Å². The lowest BCUT2D eigenvalue weighted by atomic mass is 9.89. The van der Waals surface area contributed by atoms with Crippen molar-refractivity contribution in [1.29, 1.82) is 5.41 Å². The smallest absolute Gasteiger partial charge is 0.245 e. The maximum Gasteiger partial charge on any atom is 0.245 e. The summed E-state index contributed by atoms with van der Waals surface area (Å²) in [4.78, 5) is 11.3. The Morgan fingerprint density at radius 3 is 1.92 bits per heavy atom. The van der Waals surface area contributed by atoms with Gasteiger partial charge in [0.25, 0.3) is 0 Å². The van der Waals surface area contributed by atoms with Crippen LogP contribution in [-0.4, -0.2) is 60.6 Å². The van der Waals surface area contributed by atoms with Gasteiger partial charge in [-0.25, -0.2) is 16.8 Å². The monoisotopic (exact) mass is 375 g/mol. The molecule has 0 saturated heterocycles. The Labute approximate surface area is 142 Å². The van der Waals surface area contributed by atoms with Gasteiger partial charge >= 0.3 is 0 Å². The first kappa shape index (κ1) is 20.3. The first-order chi connectivity index (χ1) is 10.8. The van der Waals surface area contributed by atoms with E-state index in [0.717, 1.165) is 24.6 Å². The Morgan fingerprint density at radius 1 is 1.04 bits per heavy atom. The predicted octanol–water partition coefficient (Wildman–Crippen LogP) is -0.414. The second-order valence-corrected chi connectivity index (χ2v) is 9.50. The van der Waals surface area contributed by atoms with Gasteiger partial charge in [-0.05, 0) is 31.7 Å². The molecule has 1 aromatic carbocycles. The summed E-state index contributed by atoms with van der Waals surface area (Å²) in [7, 11) is -4.70. The van der Waals surface area contributed by atoms with E-state index < -0.39 is 36.0 Å². The van der Waals surface area contributed by atoms with Crippen LogP contribution in [-0.2, 0) is 24.5 Å². The van der Waals surface area contributed by atoms with Crippen molar-refractivity contribution in [3.63, 3.8) is 0 Å². The zero-order valence-corrected chi connectivity index (χ0v) is 15.7. The van der Waals surface area contributed by atoms with E-state index in [1.165, 1.54) is 27.1 Å². The van der Waals surface area contributed by atoms with Gasteiger partial charge in [-0.3, -0.25) is 4.79 Å². The van der Waals surface area contributed by atoms with Gasteiger partial charge < -0.3 is 16.0 Å². The normalized spacial score (nSPS) is 14.7. The van der Waals surface area contributed by atoms with Gasteiger partial charge in [0.2, 0.25) is 5.91 Å². The summed E-state index contributed by atoms with van der Waals surface area (Å²) in [6, 6.07) is 3.55. The summed E-state index contributed by atoms with van der Waals surface area (Å²) in [6.07, 6.45) is 1.80. The van der Waals surface area contributed by atoms with Crippen LogP contribution in [0.2, 0.25) is 0 Å². The van der Waals surface area contributed by atoms with Crippen molar-refractivity contribution in [2.45, 2.75) is 22.3 Å². The predicted molar refractivity (Wildman–Crippen MR) is 91.0 cm³/mol. The molecule has 1 unspecified atom stereocenters. The molecule has 0 aromatic heterocycles. The van der Waals surface area contributed by atoms with Crippen LogP contribution in [0.1, 0.15) is 12.5 Å². The molecule has 0 aliphatic heterocycles. The van der Waals surface area contributed by atoms with Gasteiger partial charge in [0.05, 0.1) is 15.5 Å². The fraction of sp³-hybridized carbons (Fsp3) is 0.429. The Bertz CT molecular complexity index is 891. The van der Waals surface area contributed by atoms with Crippen molar-refractivity contribution in [3.8, 4) is 0 Å². The van der Waals surface area contributed by atoms with Crippen molar-refractivity contribution < 1.29 is 21.6 Å². The van der Waals surface area contributed by atoms with Gasteiger partial charge in [0, 0.05) is 19.6 Å². The number of sulfone groups is 2. The van der Waals surface area contributed by atoms with Gasteiger partial charge in [0.1, 0.15) is 5.54 Å². The average Bonchev–Trinajstić information content (AvgIpc) is 2.50. The molecular formula is C14H21N3O5S2. The summed E-state index contributed by atoms with van der Waals surface area (Å²) in [5.74, 6) is -0.483. The summed E-state index contributed by atoms with van der Waals surface area (Å²) in [5, 5.41) is 13.4. The summed E-state index contributed by atoms with van der Waals surface area (Å²) in [6.45, 7) is 1.47. The molecule has 0 fully saturated rings. The molecule has 1 aromatic rings. The van der Waals surface area contributed by atoms with Crippen LogP contribution in [0.4, 0.5) is 0 Å². The molecule has 0 heterocycles. The van der Waals surface area contributed by atoms with Gasteiger partial charge in [-0.15, -0.1) is 0 Å². The van der Waals surface area contributed by atoms with Crippen LogP contribution >= 0.6 is 0 Å². The molecule has 134 valence electrons. The maximum absolute atomic E-state index is 12.1. The van der Waals surface area contributed by atoms with Crippen LogP contribution in [0.3, 0.4) is 0 Å². The van der Waals surface area contributed by atoms with E-state index >= 15 is 0 Å². The lowest BCUT2D eigenvalue weighted by molar-refractivity contribution is -0.123. The fourth-order valence-electron chi connectivity index (χ4n) is 2.15. The van der Waals surface area contributed by atoms with Crippen LogP contribution < -0.4 is 10.6 Å². The Morgan fingerprint density at radius 2 is 1.54 bits per heavy atom. The van der Waals surface area contributed by atoms with Gasteiger partial charge in [-0.2, -0.15) is 0 Å². The minimum absolute atomic E-state index is 0.128. The topological polar surface area (TPSA) is 133 Å². The lowest BCUT2D eigenvalue weighted by Gasteiger charge is -2.28. The lowest BCUT2D eigenvalue weighted by Crippen LogP contribution is -2.58. The SMILES string of the molecule is CNC(=O)C(C)(NC)C(=N)c1ccc(S(C)(=O)=O)c(S(C)(=O)=O)c1. The highest BCUT2D eigenvalue weighted by molar-refractivity contribution is 7.93. The van der Waals surface area contributed by atoms with Gasteiger partial charge in [-0.1, -0.05) is 6.07 Å². The molecule has 10 heteroatoms. The van der Waals surface area contributed by atoms with E-state index in [1.54, 1.807) is 0 Å². The summed E-state index contributed by atoms with van der Waals surface area (Å²) in [5.41, 5.74) is -1.46. The minimum Gasteiger partial charge on any atom is -0.357 e. The van der Waals surface area contributed by atoms with Crippen LogP contribution in [0, 0.1) is 5.41 Å².